The first-order valence-corrected chi connectivity index (χ1v) is 7.86. The van der Waals surface area contributed by atoms with Gasteiger partial charge < -0.3 is 10.1 Å². The van der Waals surface area contributed by atoms with Crippen molar-refractivity contribution in [2.45, 2.75) is 20.0 Å². The molecule has 0 radical (unpaired) electrons. The van der Waals surface area contributed by atoms with Crippen LogP contribution in [0.15, 0.2) is 48.5 Å². The number of nitrogens with one attached hydrogen (secondary N) is 1. The van der Waals surface area contributed by atoms with Crippen LogP contribution in [0.3, 0.4) is 0 Å². The molecular weight excluding hydrogens is 312 g/mol. The highest BCUT2D eigenvalue weighted by Gasteiger charge is 2.38. The summed E-state index contributed by atoms with van der Waals surface area (Å²) in [6.07, 6.45) is 0.951. The minimum absolute atomic E-state index is 0.132. The maximum absolute atomic E-state index is 12.9. The van der Waals surface area contributed by atoms with Gasteiger partial charge in [-0.25, -0.2) is 0 Å². The summed E-state index contributed by atoms with van der Waals surface area (Å²) in [6.45, 7) is 4.56. The van der Waals surface area contributed by atoms with E-state index in [4.69, 9.17) is 16.3 Å². The van der Waals surface area contributed by atoms with Crippen molar-refractivity contribution in [2.24, 2.45) is 0 Å². The van der Waals surface area contributed by atoms with E-state index in [0.29, 0.717) is 34.3 Å². The number of carbonyl (C=O) groups excluding carboxylic acids is 1. The van der Waals surface area contributed by atoms with Crippen LogP contribution >= 0.6 is 11.6 Å². The van der Waals surface area contributed by atoms with E-state index < -0.39 is 6.10 Å². The third kappa shape index (κ3) is 2.94. The molecule has 1 aliphatic rings. The molecule has 1 aliphatic heterocycles. The Kier molecular flexibility index (Phi) is 4.35. The summed E-state index contributed by atoms with van der Waals surface area (Å²) in [5, 5.41) is 3.63. The molecule has 4 nitrogen and oxygen atoms in total. The number of ether oxygens (including phenoxy) is 1. The van der Waals surface area contributed by atoms with Crippen LogP contribution in [0.2, 0.25) is 5.02 Å². The van der Waals surface area contributed by atoms with Gasteiger partial charge in [-0.1, -0.05) is 29.8 Å². The molecule has 1 atom stereocenters. The van der Waals surface area contributed by atoms with E-state index in [-0.39, 0.29) is 5.78 Å². The number of carbonyl (C=O) groups is 1. The van der Waals surface area contributed by atoms with E-state index in [2.05, 4.69) is 10.3 Å². The molecule has 0 saturated carbocycles. The summed E-state index contributed by atoms with van der Waals surface area (Å²) in [7, 11) is 0. The van der Waals surface area contributed by atoms with Crippen molar-refractivity contribution in [1.29, 1.82) is 0 Å². The average Bonchev–Trinajstić information content (AvgIpc) is 2.84. The lowest BCUT2D eigenvalue weighted by Gasteiger charge is -2.13. The zero-order chi connectivity index (χ0) is 16.4. The second-order valence-corrected chi connectivity index (χ2v) is 5.74. The Bertz CT molecular complexity index is 786. The fourth-order valence-corrected chi connectivity index (χ4v) is 2.81. The molecule has 2 heterocycles. The van der Waals surface area contributed by atoms with Gasteiger partial charge in [-0.05, 0) is 37.6 Å². The number of aromatic nitrogens is 1. The molecule has 2 aromatic rings. The third-order valence-electron chi connectivity index (χ3n) is 3.64. The summed E-state index contributed by atoms with van der Waals surface area (Å²) in [4.78, 5) is 17.3. The third-order valence-corrected chi connectivity index (χ3v) is 3.99. The Labute approximate surface area is 140 Å². The first-order chi connectivity index (χ1) is 11.1. The van der Waals surface area contributed by atoms with E-state index in [1.807, 2.05) is 38.1 Å². The van der Waals surface area contributed by atoms with E-state index in [9.17, 15) is 4.79 Å². The van der Waals surface area contributed by atoms with Crippen molar-refractivity contribution in [3.8, 4) is 0 Å². The smallest absolute Gasteiger partial charge is 0.215 e. The predicted octanol–water partition coefficient (Wildman–Crippen LogP) is 3.66. The average molecular weight is 329 g/mol. The van der Waals surface area contributed by atoms with Gasteiger partial charge in [-0.15, -0.1) is 0 Å². The highest BCUT2D eigenvalue weighted by atomic mass is 35.5. The molecule has 5 heteroatoms. The number of ketones is 1. The number of Topliss-reactive ketones (excluding diaryl/α,β-unsaturated/α-hetero) is 1. The van der Waals surface area contributed by atoms with E-state index in [1.165, 1.54) is 0 Å². The standard InChI is InChI=1S/C18H17ClN2O2/c1-3-20-18-15(14-10-11(2)8-9-21-14)16(22)17(23-18)12-6-4-5-7-13(12)19/h4-10,17,20H,3H2,1-2H3/t17-/m1/s1. The Morgan fingerprint density at radius 1 is 1.30 bits per heavy atom. The monoisotopic (exact) mass is 328 g/mol. The molecule has 0 fully saturated rings. The van der Waals surface area contributed by atoms with Crippen molar-refractivity contribution >= 4 is 23.0 Å². The Morgan fingerprint density at radius 2 is 2.09 bits per heavy atom. The van der Waals surface area contributed by atoms with Crippen molar-refractivity contribution < 1.29 is 9.53 Å². The number of halogens is 1. The topological polar surface area (TPSA) is 51.2 Å². The molecule has 0 saturated heterocycles. The number of pyridine rings is 1. The van der Waals surface area contributed by atoms with Gasteiger partial charge in [0.25, 0.3) is 0 Å². The van der Waals surface area contributed by atoms with Crippen LogP contribution in [-0.4, -0.2) is 17.3 Å². The van der Waals surface area contributed by atoms with Crippen molar-refractivity contribution in [3.63, 3.8) is 0 Å². The molecule has 0 bridgehead atoms. The number of rotatable bonds is 4. The van der Waals surface area contributed by atoms with E-state index in [0.717, 1.165) is 5.56 Å². The molecule has 1 aromatic carbocycles. The van der Waals surface area contributed by atoms with Crippen LogP contribution in [0.5, 0.6) is 0 Å². The number of hydrogen-bond donors (Lipinski definition) is 1. The summed E-state index contributed by atoms with van der Waals surface area (Å²) in [5.41, 5.74) is 2.78. The molecule has 118 valence electrons. The molecule has 0 aliphatic carbocycles. The largest absolute Gasteiger partial charge is 0.462 e. The Balaban J connectivity index is 2.04. The SMILES string of the molecule is CCNC1=C(c2cc(C)ccn2)C(=O)[C@@H](c2ccccc2Cl)O1. The Morgan fingerprint density at radius 3 is 2.78 bits per heavy atom. The summed E-state index contributed by atoms with van der Waals surface area (Å²) >= 11 is 6.23. The van der Waals surface area contributed by atoms with Gasteiger partial charge in [0, 0.05) is 23.3 Å². The molecule has 0 spiro atoms. The van der Waals surface area contributed by atoms with Crippen LogP contribution in [0.25, 0.3) is 5.57 Å². The molecule has 0 amide bonds. The van der Waals surface area contributed by atoms with Crippen LogP contribution in [0, 0.1) is 6.92 Å². The van der Waals surface area contributed by atoms with Crippen LogP contribution in [0.1, 0.15) is 29.8 Å². The second-order valence-electron chi connectivity index (χ2n) is 5.34. The van der Waals surface area contributed by atoms with Gasteiger partial charge >= 0.3 is 0 Å². The minimum Gasteiger partial charge on any atom is -0.462 e. The highest BCUT2D eigenvalue weighted by Crippen LogP contribution is 2.38. The number of benzene rings is 1. The fourth-order valence-electron chi connectivity index (χ4n) is 2.57. The molecule has 1 N–H and O–H groups in total. The van der Waals surface area contributed by atoms with Crippen LogP contribution in [0.4, 0.5) is 0 Å². The fraction of sp³-hybridized carbons (Fsp3) is 0.222. The van der Waals surface area contributed by atoms with Gasteiger partial charge in [0.15, 0.2) is 6.10 Å². The lowest BCUT2D eigenvalue weighted by atomic mass is 9.99. The summed E-state index contributed by atoms with van der Waals surface area (Å²) in [5.74, 6) is 0.327. The van der Waals surface area contributed by atoms with Crippen LogP contribution in [-0.2, 0) is 9.53 Å². The molecular formula is C18H17ClN2O2. The number of aryl methyl sites for hydroxylation is 1. The predicted molar refractivity (Wildman–Crippen MR) is 89.9 cm³/mol. The molecule has 0 unspecified atom stereocenters. The van der Waals surface area contributed by atoms with Crippen molar-refractivity contribution in [2.75, 3.05) is 6.54 Å². The van der Waals surface area contributed by atoms with Gasteiger partial charge in [-0.3, -0.25) is 9.78 Å². The zero-order valence-electron chi connectivity index (χ0n) is 13.0. The minimum atomic E-state index is -0.741. The molecule has 23 heavy (non-hydrogen) atoms. The van der Waals surface area contributed by atoms with E-state index in [1.54, 1.807) is 18.3 Å². The molecule has 3 rings (SSSR count). The summed E-state index contributed by atoms with van der Waals surface area (Å²) < 4.78 is 5.88. The number of nitrogens with zero attached hydrogens (tertiary/aromatic N) is 1. The Hall–Kier alpha value is -2.33. The lowest BCUT2D eigenvalue weighted by molar-refractivity contribution is -0.120. The van der Waals surface area contributed by atoms with E-state index >= 15 is 0 Å². The molecule has 1 aromatic heterocycles. The first kappa shape index (κ1) is 15.6. The van der Waals surface area contributed by atoms with Gasteiger partial charge in [0.2, 0.25) is 11.7 Å². The van der Waals surface area contributed by atoms with Gasteiger partial charge in [0.1, 0.15) is 5.57 Å². The first-order valence-electron chi connectivity index (χ1n) is 7.48. The summed E-state index contributed by atoms with van der Waals surface area (Å²) in [6, 6.07) is 11.0. The van der Waals surface area contributed by atoms with Crippen molar-refractivity contribution in [3.05, 3.63) is 70.3 Å². The lowest BCUT2D eigenvalue weighted by Crippen LogP contribution is -2.14. The second kappa shape index (κ2) is 6.42. The quantitative estimate of drug-likeness (QED) is 0.930. The van der Waals surface area contributed by atoms with Crippen molar-refractivity contribution in [1.82, 2.24) is 10.3 Å². The van der Waals surface area contributed by atoms with Gasteiger partial charge in [0.05, 0.1) is 5.69 Å². The zero-order valence-corrected chi connectivity index (χ0v) is 13.7. The normalized spacial score (nSPS) is 17.3. The maximum Gasteiger partial charge on any atom is 0.215 e. The highest BCUT2D eigenvalue weighted by molar-refractivity contribution is 6.32. The number of hydrogen-bond acceptors (Lipinski definition) is 4. The van der Waals surface area contributed by atoms with Crippen LogP contribution < -0.4 is 5.32 Å². The van der Waals surface area contributed by atoms with Gasteiger partial charge in [-0.2, -0.15) is 0 Å². The maximum atomic E-state index is 12.9.